The number of hydrogen-bond donors (Lipinski definition) is 1. The number of ether oxygens (including phenoxy) is 1. The van der Waals surface area contributed by atoms with Gasteiger partial charge in [-0.05, 0) is 48.9 Å². The van der Waals surface area contributed by atoms with E-state index in [-0.39, 0.29) is 11.5 Å². The molecule has 1 N–H and O–H groups in total. The van der Waals surface area contributed by atoms with Gasteiger partial charge in [-0.1, -0.05) is 6.92 Å². The van der Waals surface area contributed by atoms with E-state index < -0.39 is 17.4 Å². The maximum absolute atomic E-state index is 13.9. The number of carbonyl (C=O) groups is 1. The van der Waals surface area contributed by atoms with Crippen LogP contribution in [0, 0.1) is 11.7 Å². The zero-order valence-electron chi connectivity index (χ0n) is 12.2. The number of hydrogen-bond acceptors (Lipinski definition) is 4. The summed E-state index contributed by atoms with van der Waals surface area (Å²) in [4.78, 5) is 11.2. The standard InChI is InChI=1S/C15H18FIO4S/c1-2-15(21-22-17,11-3-5-20-6-4-11)12-7-10(14(18)19)8-13(16)9-12/h7-9,11H,2-6H2,1H3,(H,18,19). The second kappa shape index (κ2) is 7.94. The largest absolute Gasteiger partial charge is 0.478 e. The van der Waals surface area contributed by atoms with Crippen LogP contribution in [0.1, 0.15) is 42.1 Å². The lowest BCUT2D eigenvalue weighted by Crippen LogP contribution is -2.39. The smallest absolute Gasteiger partial charge is 0.335 e. The molecule has 1 aromatic carbocycles. The van der Waals surface area contributed by atoms with E-state index in [9.17, 15) is 14.3 Å². The van der Waals surface area contributed by atoms with E-state index in [1.54, 1.807) is 0 Å². The Morgan fingerprint density at radius 2 is 2.18 bits per heavy atom. The zero-order valence-corrected chi connectivity index (χ0v) is 15.2. The van der Waals surface area contributed by atoms with Gasteiger partial charge < -0.3 is 9.84 Å². The van der Waals surface area contributed by atoms with Crippen molar-refractivity contribution in [3.8, 4) is 0 Å². The van der Waals surface area contributed by atoms with Gasteiger partial charge in [0.25, 0.3) is 0 Å². The summed E-state index contributed by atoms with van der Waals surface area (Å²) in [5, 5.41) is 9.18. The summed E-state index contributed by atoms with van der Waals surface area (Å²) >= 11 is 2.04. The molecule has 0 saturated carbocycles. The van der Waals surface area contributed by atoms with Gasteiger partial charge in [0.1, 0.15) is 11.4 Å². The molecule has 1 aliphatic heterocycles. The molecular weight excluding hydrogens is 422 g/mol. The second-order valence-corrected chi connectivity index (χ2v) is 6.68. The van der Waals surface area contributed by atoms with E-state index in [4.69, 9.17) is 8.92 Å². The van der Waals surface area contributed by atoms with Crippen LogP contribution in [0.2, 0.25) is 0 Å². The summed E-state index contributed by atoms with van der Waals surface area (Å²) < 4.78 is 25.3. The molecule has 1 aliphatic rings. The van der Waals surface area contributed by atoms with Gasteiger partial charge in [-0.2, -0.15) is 0 Å². The first kappa shape index (κ1) is 18.0. The number of aromatic carboxylic acids is 1. The molecular formula is C15H18FIO4S. The summed E-state index contributed by atoms with van der Waals surface area (Å²) in [5.41, 5.74) is -0.174. The Bertz CT molecular complexity index is 536. The van der Waals surface area contributed by atoms with Crippen LogP contribution in [0.15, 0.2) is 18.2 Å². The van der Waals surface area contributed by atoms with Crippen molar-refractivity contribution in [2.75, 3.05) is 13.2 Å². The minimum atomic E-state index is -1.14. The number of rotatable bonds is 6. The highest BCUT2D eigenvalue weighted by Crippen LogP contribution is 2.46. The monoisotopic (exact) mass is 440 g/mol. The van der Waals surface area contributed by atoms with Gasteiger partial charge in [0.2, 0.25) is 0 Å². The molecule has 0 amide bonds. The molecule has 0 radical (unpaired) electrons. The third kappa shape index (κ3) is 3.74. The number of carboxylic acid groups (broad SMARTS) is 1. The van der Waals surface area contributed by atoms with Crippen molar-refractivity contribution in [1.82, 2.24) is 0 Å². The predicted molar refractivity (Wildman–Crippen MR) is 91.6 cm³/mol. The quantitative estimate of drug-likeness (QED) is 0.519. The van der Waals surface area contributed by atoms with Gasteiger partial charge in [0.05, 0.1) is 14.8 Å². The fourth-order valence-corrected chi connectivity index (χ4v) is 4.51. The summed E-state index contributed by atoms with van der Waals surface area (Å²) in [6.45, 7) is 3.26. The van der Waals surface area contributed by atoms with Crippen LogP contribution in [-0.4, -0.2) is 24.3 Å². The Kier molecular flexibility index (Phi) is 6.48. The molecule has 2 rings (SSSR count). The molecule has 0 aliphatic carbocycles. The second-order valence-electron chi connectivity index (χ2n) is 5.31. The lowest BCUT2D eigenvalue weighted by Gasteiger charge is -2.41. The average Bonchev–Trinajstić information content (AvgIpc) is 2.53. The number of benzene rings is 1. The Balaban J connectivity index is 2.50. The lowest BCUT2D eigenvalue weighted by atomic mass is 9.75. The van der Waals surface area contributed by atoms with Crippen LogP contribution in [-0.2, 0) is 14.5 Å². The van der Waals surface area contributed by atoms with Crippen molar-refractivity contribution in [3.63, 3.8) is 0 Å². The molecule has 1 heterocycles. The highest BCUT2D eigenvalue weighted by molar-refractivity contribution is 14.2. The third-order valence-electron chi connectivity index (χ3n) is 4.22. The van der Waals surface area contributed by atoms with Crippen molar-refractivity contribution in [2.24, 2.45) is 5.92 Å². The van der Waals surface area contributed by atoms with Crippen LogP contribution >= 0.6 is 30.4 Å². The van der Waals surface area contributed by atoms with Crippen LogP contribution in [0.3, 0.4) is 0 Å². The molecule has 4 nitrogen and oxygen atoms in total. The summed E-state index contributed by atoms with van der Waals surface area (Å²) in [6.07, 6.45) is 2.25. The molecule has 1 aromatic rings. The SMILES string of the molecule is CCC(OSI)(c1cc(F)cc(C(=O)O)c1)C1CCOCC1. The zero-order chi connectivity index (χ0) is 16.2. The summed E-state index contributed by atoms with van der Waals surface area (Å²) in [7, 11) is 1.20. The van der Waals surface area contributed by atoms with Crippen molar-refractivity contribution >= 4 is 36.4 Å². The third-order valence-corrected chi connectivity index (χ3v) is 5.12. The normalized spacial score (nSPS) is 18.9. The van der Waals surface area contributed by atoms with Crippen molar-refractivity contribution in [1.29, 1.82) is 0 Å². The Hall–Kier alpha value is -0.380. The highest BCUT2D eigenvalue weighted by Gasteiger charge is 2.42. The first-order valence-electron chi connectivity index (χ1n) is 7.12. The predicted octanol–water partition coefficient (Wildman–Crippen LogP) is 4.57. The minimum absolute atomic E-state index is 0.0538. The van der Waals surface area contributed by atoms with Gasteiger partial charge in [0, 0.05) is 34.4 Å². The Labute approximate surface area is 145 Å². The van der Waals surface area contributed by atoms with Gasteiger partial charge in [-0.25, -0.2) is 9.18 Å². The van der Waals surface area contributed by atoms with Gasteiger partial charge in [-0.3, -0.25) is 4.18 Å². The maximum atomic E-state index is 13.9. The van der Waals surface area contributed by atoms with Crippen LogP contribution in [0.4, 0.5) is 4.39 Å². The maximum Gasteiger partial charge on any atom is 0.335 e. The van der Waals surface area contributed by atoms with Crippen molar-refractivity contribution in [3.05, 3.63) is 35.1 Å². The van der Waals surface area contributed by atoms with Gasteiger partial charge >= 0.3 is 5.97 Å². The summed E-state index contributed by atoms with van der Waals surface area (Å²) in [5.74, 6) is -1.53. The van der Waals surface area contributed by atoms with E-state index in [2.05, 4.69) is 0 Å². The fourth-order valence-electron chi connectivity index (χ4n) is 3.08. The molecule has 7 heteroatoms. The van der Waals surface area contributed by atoms with E-state index in [1.165, 1.54) is 21.3 Å². The highest BCUT2D eigenvalue weighted by atomic mass is 127. The molecule has 1 fully saturated rings. The fraction of sp³-hybridized carbons (Fsp3) is 0.533. The minimum Gasteiger partial charge on any atom is -0.478 e. The topological polar surface area (TPSA) is 55.8 Å². The van der Waals surface area contributed by atoms with E-state index >= 15 is 0 Å². The van der Waals surface area contributed by atoms with Crippen molar-refractivity contribution < 1.29 is 23.2 Å². The van der Waals surface area contributed by atoms with Gasteiger partial charge in [0.15, 0.2) is 0 Å². The Morgan fingerprint density at radius 3 is 2.73 bits per heavy atom. The molecule has 122 valence electrons. The summed E-state index contributed by atoms with van der Waals surface area (Å²) in [6, 6.07) is 3.95. The van der Waals surface area contributed by atoms with Gasteiger partial charge in [-0.15, -0.1) is 0 Å². The van der Waals surface area contributed by atoms with E-state index in [0.717, 1.165) is 18.9 Å². The number of halogens is 2. The van der Waals surface area contributed by atoms with Crippen LogP contribution in [0.25, 0.3) is 0 Å². The van der Waals surface area contributed by atoms with Crippen molar-refractivity contribution in [2.45, 2.75) is 31.8 Å². The molecule has 0 spiro atoms. The molecule has 22 heavy (non-hydrogen) atoms. The van der Waals surface area contributed by atoms with E-state index in [1.807, 2.05) is 28.1 Å². The number of carboxylic acids is 1. The molecule has 0 aromatic heterocycles. The molecule has 1 saturated heterocycles. The van der Waals surface area contributed by atoms with Crippen LogP contribution in [0.5, 0.6) is 0 Å². The van der Waals surface area contributed by atoms with E-state index in [0.29, 0.717) is 25.2 Å². The average molecular weight is 440 g/mol. The first-order valence-corrected chi connectivity index (χ1v) is 10.4. The molecule has 1 atom stereocenters. The molecule has 1 unspecified atom stereocenters. The molecule has 0 bridgehead atoms. The lowest BCUT2D eigenvalue weighted by molar-refractivity contribution is -0.0424. The van der Waals surface area contributed by atoms with Crippen LogP contribution < -0.4 is 0 Å². The first-order chi connectivity index (χ1) is 10.5. The Morgan fingerprint density at radius 1 is 1.50 bits per heavy atom.